The number of H-pyrrole nitrogens is 1. The van der Waals surface area contributed by atoms with Crippen molar-refractivity contribution in [1.82, 2.24) is 25.2 Å². The van der Waals surface area contributed by atoms with E-state index in [1.54, 1.807) is 6.20 Å². The first-order valence-electron chi connectivity index (χ1n) is 8.98. The molecule has 4 aromatic rings. The number of amides is 1. The predicted molar refractivity (Wildman–Crippen MR) is 113 cm³/mol. The Morgan fingerprint density at radius 2 is 2.07 bits per heavy atom. The highest BCUT2D eigenvalue weighted by molar-refractivity contribution is 6.31. The van der Waals surface area contributed by atoms with Crippen molar-refractivity contribution in [3.63, 3.8) is 0 Å². The Morgan fingerprint density at radius 1 is 1.21 bits per heavy atom. The van der Waals surface area contributed by atoms with Gasteiger partial charge in [0.1, 0.15) is 5.82 Å². The second kappa shape index (κ2) is 7.58. The highest BCUT2D eigenvalue weighted by Crippen LogP contribution is 2.27. The summed E-state index contributed by atoms with van der Waals surface area (Å²) in [5.74, 6) is 0.539. The maximum Gasteiger partial charge on any atom is 0.253 e. The van der Waals surface area contributed by atoms with Crippen LogP contribution in [-0.2, 0) is 0 Å². The number of imidazole rings is 1. The largest absolute Gasteiger partial charge is 0.351 e. The molecule has 2 aromatic heterocycles. The van der Waals surface area contributed by atoms with Crippen LogP contribution in [0.2, 0.25) is 5.02 Å². The van der Waals surface area contributed by atoms with Crippen LogP contribution in [0.3, 0.4) is 0 Å². The van der Waals surface area contributed by atoms with Crippen LogP contribution in [0, 0.1) is 0 Å². The van der Waals surface area contributed by atoms with Gasteiger partial charge in [0, 0.05) is 35.3 Å². The van der Waals surface area contributed by atoms with Gasteiger partial charge in [0.15, 0.2) is 0 Å². The third-order valence-corrected chi connectivity index (χ3v) is 4.75. The number of aromatic nitrogens is 3. The van der Waals surface area contributed by atoms with E-state index in [4.69, 9.17) is 11.6 Å². The monoisotopic (exact) mass is 393 g/mol. The van der Waals surface area contributed by atoms with Crippen molar-refractivity contribution in [2.45, 2.75) is 0 Å². The number of hydrogen-bond acceptors (Lipinski definition) is 4. The Morgan fingerprint density at radius 3 is 2.89 bits per heavy atom. The molecule has 142 valence electrons. The minimum absolute atomic E-state index is 0.147. The molecule has 0 unspecified atom stereocenters. The Kier molecular flexibility index (Phi) is 4.98. The number of carbonyl (C=O) groups is 1. The number of likely N-dealkylation sites (N-methyl/N-ethyl adjacent to an activating group) is 1. The van der Waals surface area contributed by atoms with E-state index in [0.29, 0.717) is 28.5 Å². The van der Waals surface area contributed by atoms with Gasteiger partial charge in [-0.15, -0.1) is 0 Å². The minimum Gasteiger partial charge on any atom is -0.351 e. The molecule has 0 saturated heterocycles. The summed E-state index contributed by atoms with van der Waals surface area (Å²) in [5, 5.41) is 4.50. The molecule has 2 heterocycles. The molecule has 2 N–H and O–H groups in total. The number of halogens is 1. The maximum atomic E-state index is 12.8. The Bertz CT molecular complexity index is 1170. The van der Waals surface area contributed by atoms with E-state index in [-0.39, 0.29) is 5.91 Å². The van der Waals surface area contributed by atoms with Gasteiger partial charge in [0.2, 0.25) is 0 Å². The van der Waals surface area contributed by atoms with Crippen LogP contribution in [0.4, 0.5) is 0 Å². The highest BCUT2D eigenvalue weighted by Gasteiger charge is 2.15. The summed E-state index contributed by atoms with van der Waals surface area (Å²) >= 11 is 6.08. The number of rotatable bonds is 5. The standard InChI is InChI=1S/C21H20ClN5O/c1-27(2)9-8-24-21(28)16-11-14(10-13-4-3-7-23-19(13)16)20-25-17-6-5-15(22)12-18(17)26-20/h3-7,10-12H,8-9H2,1-2H3,(H,24,28)(H,25,26). The summed E-state index contributed by atoms with van der Waals surface area (Å²) < 4.78 is 0. The number of pyridine rings is 1. The zero-order valence-corrected chi connectivity index (χ0v) is 16.4. The van der Waals surface area contributed by atoms with E-state index in [9.17, 15) is 4.79 Å². The summed E-state index contributed by atoms with van der Waals surface area (Å²) in [7, 11) is 3.94. The van der Waals surface area contributed by atoms with Crippen LogP contribution in [0.5, 0.6) is 0 Å². The Hall–Kier alpha value is -2.96. The zero-order chi connectivity index (χ0) is 19.7. The lowest BCUT2D eigenvalue weighted by Gasteiger charge is -2.12. The summed E-state index contributed by atoms with van der Waals surface area (Å²) in [6, 6.07) is 13.1. The molecule has 28 heavy (non-hydrogen) atoms. The number of carbonyl (C=O) groups excluding carboxylic acids is 1. The molecule has 0 aliphatic carbocycles. The molecule has 4 rings (SSSR count). The maximum absolute atomic E-state index is 12.8. The lowest BCUT2D eigenvalue weighted by molar-refractivity contribution is 0.0952. The lowest BCUT2D eigenvalue weighted by atomic mass is 10.0. The Balaban J connectivity index is 1.77. The third kappa shape index (κ3) is 3.69. The second-order valence-electron chi connectivity index (χ2n) is 6.90. The SMILES string of the molecule is CN(C)CCNC(=O)c1cc(-c2nc3ccc(Cl)cc3[nH]2)cc2cccnc12. The van der Waals surface area contributed by atoms with E-state index in [1.165, 1.54) is 0 Å². The van der Waals surface area contributed by atoms with Gasteiger partial charge in [-0.05, 0) is 50.5 Å². The van der Waals surface area contributed by atoms with Crippen molar-refractivity contribution in [3.05, 3.63) is 59.2 Å². The molecule has 0 radical (unpaired) electrons. The quantitative estimate of drug-likeness (QED) is 0.542. The van der Waals surface area contributed by atoms with Gasteiger partial charge >= 0.3 is 0 Å². The first kappa shape index (κ1) is 18.4. The average Bonchev–Trinajstić information content (AvgIpc) is 3.10. The predicted octanol–water partition coefficient (Wildman–Crippen LogP) is 3.72. The van der Waals surface area contributed by atoms with Crippen molar-refractivity contribution < 1.29 is 4.79 Å². The number of aromatic amines is 1. The molecular formula is C21H20ClN5O. The van der Waals surface area contributed by atoms with Crippen LogP contribution in [0.25, 0.3) is 33.3 Å². The van der Waals surface area contributed by atoms with Gasteiger partial charge in [-0.2, -0.15) is 0 Å². The molecule has 0 aliphatic rings. The number of fused-ring (bicyclic) bond motifs is 2. The molecule has 1 amide bonds. The van der Waals surface area contributed by atoms with Crippen LogP contribution in [-0.4, -0.2) is 52.9 Å². The van der Waals surface area contributed by atoms with Gasteiger partial charge in [-0.25, -0.2) is 4.98 Å². The third-order valence-electron chi connectivity index (χ3n) is 4.51. The van der Waals surface area contributed by atoms with E-state index < -0.39 is 0 Å². The molecule has 0 saturated carbocycles. The van der Waals surface area contributed by atoms with Crippen molar-refractivity contribution in [3.8, 4) is 11.4 Å². The van der Waals surface area contributed by atoms with Crippen molar-refractivity contribution in [1.29, 1.82) is 0 Å². The van der Waals surface area contributed by atoms with E-state index in [0.717, 1.165) is 28.5 Å². The van der Waals surface area contributed by atoms with Crippen molar-refractivity contribution in [2.75, 3.05) is 27.2 Å². The first-order chi connectivity index (χ1) is 13.5. The van der Waals surface area contributed by atoms with Gasteiger partial charge in [-0.1, -0.05) is 17.7 Å². The fourth-order valence-corrected chi connectivity index (χ4v) is 3.28. The topological polar surface area (TPSA) is 73.9 Å². The molecule has 2 aromatic carbocycles. The molecule has 0 aliphatic heterocycles. The van der Waals surface area contributed by atoms with E-state index in [2.05, 4.69) is 20.3 Å². The minimum atomic E-state index is -0.147. The molecule has 6 nitrogen and oxygen atoms in total. The summed E-state index contributed by atoms with van der Waals surface area (Å²) in [4.78, 5) is 27.2. The smallest absolute Gasteiger partial charge is 0.253 e. The average molecular weight is 394 g/mol. The van der Waals surface area contributed by atoms with Crippen LogP contribution >= 0.6 is 11.6 Å². The highest BCUT2D eigenvalue weighted by atomic mass is 35.5. The van der Waals surface area contributed by atoms with Crippen LogP contribution in [0.15, 0.2) is 48.7 Å². The summed E-state index contributed by atoms with van der Waals surface area (Å²) in [5.41, 5.74) is 3.71. The second-order valence-corrected chi connectivity index (χ2v) is 7.34. The normalized spacial score (nSPS) is 11.4. The lowest BCUT2D eigenvalue weighted by Crippen LogP contribution is -2.31. The van der Waals surface area contributed by atoms with Crippen LogP contribution < -0.4 is 5.32 Å². The van der Waals surface area contributed by atoms with Crippen molar-refractivity contribution >= 4 is 39.4 Å². The van der Waals surface area contributed by atoms with E-state index >= 15 is 0 Å². The number of nitrogens with one attached hydrogen (secondary N) is 2. The fraction of sp³-hybridized carbons (Fsp3) is 0.190. The fourth-order valence-electron chi connectivity index (χ4n) is 3.11. The number of hydrogen-bond donors (Lipinski definition) is 2. The molecule has 0 atom stereocenters. The van der Waals surface area contributed by atoms with Gasteiger partial charge in [-0.3, -0.25) is 9.78 Å². The van der Waals surface area contributed by atoms with E-state index in [1.807, 2.05) is 61.5 Å². The molecular weight excluding hydrogens is 374 g/mol. The van der Waals surface area contributed by atoms with Crippen molar-refractivity contribution in [2.24, 2.45) is 0 Å². The van der Waals surface area contributed by atoms with Crippen LogP contribution in [0.1, 0.15) is 10.4 Å². The van der Waals surface area contributed by atoms with Gasteiger partial charge < -0.3 is 15.2 Å². The van der Waals surface area contributed by atoms with Gasteiger partial charge in [0.25, 0.3) is 5.91 Å². The molecule has 0 bridgehead atoms. The van der Waals surface area contributed by atoms with Gasteiger partial charge in [0.05, 0.1) is 22.1 Å². The summed E-state index contributed by atoms with van der Waals surface area (Å²) in [6.45, 7) is 1.33. The number of nitrogens with zero attached hydrogens (tertiary/aromatic N) is 3. The first-order valence-corrected chi connectivity index (χ1v) is 9.36. The number of benzene rings is 2. The Labute approximate surface area is 167 Å². The molecule has 0 spiro atoms. The summed E-state index contributed by atoms with van der Waals surface area (Å²) in [6.07, 6.45) is 1.70. The molecule has 0 fully saturated rings. The zero-order valence-electron chi connectivity index (χ0n) is 15.7. The molecule has 7 heteroatoms.